The number of methoxy groups -OCH3 is 1. The second-order valence-electron chi connectivity index (χ2n) is 3.72. The van der Waals surface area contributed by atoms with Gasteiger partial charge in [-0.3, -0.25) is 4.99 Å². The van der Waals surface area contributed by atoms with Gasteiger partial charge in [0.2, 0.25) is 0 Å². The van der Waals surface area contributed by atoms with Gasteiger partial charge in [0.15, 0.2) is 5.71 Å². The van der Waals surface area contributed by atoms with E-state index in [1.165, 1.54) is 0 Å². The van der Waals surface area contributed by atoms with Crippen LogP contribution in [0.4, 0.5) is 0 Å². The maximum absolute atomic E-state index is 11.8. The molecular weight excluding hydrogens is 218 g/mol. The third kappa shape index (κ3) is 2.30. The predicted molar refractivity (Wildman–Crippen MR) is 64.7 cm³/mol. The number of ether oxygens (including phenoxy) is 2. The summed E-state index contributed by atoms with van der Waals surface area (Å²) in [5.41, 5.74) is 2.35. The Morgan fingerprint density at radius 2 is 2.29 bits per heavy atom. The molecule has 17 heavy (non-hydrogen) atoms. The van der Waals surface area contributed by atoms with Gasteiger partial charge in [0.05, 0.1) is 13.7 Å². The van der Waals surface area contributed by atoms with E-state index in [0.717, 1.165) is 23.3 Å². The Hall–Kier alpha value is -1.84. The van der Waals surface area contributed by atoms with Gasteiger partial charge in [0.25, 0.3) is 0 Å². The van der Waals surface area contributed by atoms with Crippen LogP contribution in [0, 0.1) is 0 Å². The van der Waals surface area contributed by atoms with Crippen molar-refractivity contribution in [1.29, 1.82) is 0 Å². The fourth-order valence-electron chi connectivity index (χ4n) is 1.87. The molecule has 90 valence electrons. The summed E-state index contributed by atoms with van der Waals surface area (Å²) in [6.07, 6.45) is 0.849. The lowest BCUT2D eigenvalue weighted by atomic mass is 9.97. The van der Waals surface area contributed by atoms with Gasteiger partial charge in [-0.25, -0.2) is 4.79 Å². The van der Waals surface area contributed by atoms with Crippen molar-refractivity contribution in [2.24, 2.45) is 4.99 Å². The van der Waals surface area contributed by atoms with Crippen molar-refractivity contribution in [2.45, 2.75) is 13.3 Å². The van der Waals surface area contributed by atoms with Crippen LogP contribution in [-0.2, 0) is 16.0 Å². The molecule has 1 heterocycles. The van der Waals surface area contributed by atoms with Crippen LogP contribution in [-0.4, -0.2) is 31.9 Å². The quantitative estimate of drug-likeness (QED) is 0.745. The highest BCUT2D eigenvalue weighted by atomic mass is 16.5. The van der Waals surface area contributed by atoms with Crippen molar-refractivity contribution >= 4 is 11.7 Å². The Bertz CT molecular complexity index is 466. The molecule has 0 spiro atoms. The third-order valence-corrected chi connectivity index (χ3v) is 2.69. The van der Waals surface area contributed by atoms with Crippen LogP contribution in [0.15, 0.2) is 23.2 Å². The Morgan fingerprint density at radius 1 is 1.47 bits per heavy atom. The molecule has 0 bridgehead atoms. The van der Waals surface area contributed by atoms with Crippen molar-refractivity contribution in [3.8, 4) is 5.75 Å². The van der Waals surface area contributed by atoms with Crippen molar-refractivity contribution < 1.29 is 14.3 Å². The molecule has 1 aromatic carbocycles. The van der Waals surface area contributed by atoms with Gasteiger partial charge in [-0.15, -0.1) is 0 Å². The average molecular weight is 233 g/mol. The van der Waals surface area contributed by atoms with E-state index < -0.39 is 0 Å². The zero-order valence-corrected chi connectivity index (χ0v) is 10.0. The Labute approximate surface area is 100 Å². The van der Waals surface area contributed by atoms with Crippen LogP contribution < -0.4 is 4.74 Å². The molecule has 4 heteroatoms. The van der Waals surface area contributed by atoms with E-state index in [1.54, 1.807) is 14.0 Å². The zero-order valence-electron chi connectivity index (χ0n) is 10.0. The SMILES string of the molecule is CCOC(=O)C1=NCCc2ccc(OC)cc21. The molecule has 0 aliphatic carbocycles. The Morgan fingerprint density at radius 3 is 3.00 bits per heavy atom. The van der Waals surface area contributed by atoms with E-state index in [9.17, 15) is 4.79 Å². The van der Waals surface area contributed by atoms with Gasteiger partial charge in [-0.05, 0) is 31.0 Å². The van der Waals surface area contributed by atoms with E-state index >= 15 is 0 Å². The number of hydrogen-bond acceptors (Lipinski definition) is 4. The maximum atomic E-state index is 11.8. The normalized spacial score (nSPS) is 13.6. The molecule has 0 radical (unpaired) electrons. The first-order valence-corrected chi connectivity index (χ1v) is 5.65. The molecule has 0 fully saturated rings. The van der Waals surface area contributed by atoms with E-state index in [1.807, 2.05) is 18.2 Å². The number of carbonyl (C=O) groups is 1. The highest BCUT2D eigenvalue weighted by Crippen LogP contribution is 2.22. The second-order valence-corrected chi connectivity index (χ2v) is 3.72. The first-order valence-electron chi connectivity index (χ1n) is 5.65. The molecule has 0 unspecified atom stereocenters. The van der Waals surface area contributed by atoms with Crippen LogP contribution in [0.3, 0.4) is 0 Å². The van der Waals surface area contributed by atoms with E-state index in [0.29, 0.717) is 18.9 Å². The predicted octanol–water partition coefficient (Wildman–Crippen LogP) is 1.60. The van der Waals surface area contributed by atoms with Gasteiger partial charge in [-0.2, -0.15) is 0 Å². The highest BCUT2D eigenvalue weighted by Gasteiger charge is 2.22. The monoisotopic (exact) mass is 233 g/mol. The van der Waals surface area contributed by atoms with Gasteiger partial charge in [0.1, 0.15) is 5.75 Å². The van der Waals surface area contributed by atoms with Gasteiger partial charge in [-0.1, -0.05) is 6.07 Å². The molecule has 4 nitrogen and oxygen atoms in total. The summed E-state index contributed by atoms with van der Waals surface area (Å²) in [6, 6.07) is 5.71. The summed E-state index contributed by atoms with van der Waals surface area (Å²) in [5, 5.41) is 0. The summed E-state index contributed by atoms with van der Waals surface area (Å²) < 4.78 is 10.2. The lowest BCUT2D eigenvalue weighted by Crippen LogP contribution is -2.24. The number of carbonyl (C=O) groups excluding carboxylic acids is 1. The smallest absolute Gasteiger partial charge is 0.357 e. The molecule has 1 aliphatic heterocycles. The minimum atomic E-state index is -0.360. The Balaban J connectivity index is 2.38. The molecule has 0 saturated heterocycles. The summed E-state index contributed by atoms with van der Waals surface area (Å²) >= 11 is 0. The van der Waals surface area contributed by atoms with Crippen molar-refractivity contribution in [2.75, 3.05) is 20.3 Å². The van der Waals surface area contributed by atoms with Crippen molar-refractivity contribution in [3.63, 3.8) is 0 Å². The minimum Gasteiger partial charge on any atom is -0.497 e. The molecule has 0 saturated carbocycles. The van der Waals surface area contributed by atoms with Gasteiger partial charge in [0, 0.05) is 12.1 Å². The maximum Gasteiger partial charge on any atom is 0.357 e. The largest absolute Gasteiger partial charge is 0.497 e. The molecule has 0 amide bonds. The summed E-state index contributed by atoms with van der Waals surface area (Å²) in [6.45, 7) is 2.78. The fourth-order valence-corrected chi connectivity index (χ4v) is 1.87. The number of rotatable bonds is 3. The first-order chi connectivity index (χ1) is 8.26. The van der Waals surface area contributed by atoms with E-state index in [4.69, 9.17) is 9.47 Å². The number of esters is 1. The first kappa shape index (κ1) is 11.6. The van der Waals surface area contributed by atoms with Gasteiger partial charge >= 0.3 is 5.97 Å². The summed E-state index contributed by atoms with van der Waals surface area (Å²) in [5.74, 6) is 0.365. The lowest BCUT2D eigenvalue weighted by molar-refractivity contribution is -0.134. The molecule has 2 rings (SSSR count). The molecule has 0 N–H and O–H groups in total. The zero-order chi connectivity index (χ0) is 12.3. The Kier molecular flexibility index (Phi) is 3.42. The molecule has 0 atom stereocenters. The van der Waals surface area contributed by atoms with Crippen molar-refractivity contribution in [1.82, 2.24) is 0 Å². The van der Waals surface area contributed by atoms with Crippen LogP contribution in [0.5, 0.6) is 5.75 Å². The van der Waals surface area contributed by atoms with Crippen LogP contribution in [0.2, 0.25) is 0 Å². The third-order valence-electron chi connectivity index (χ3n) is 2.69. The van der Waals surface area contributed by atoms with Gasteiger partial charge < -0.3 is 9.47 Å². The van der Waals surface area contributed by atoms with Crippen LogP contribution in [0.1, 0.15) is 18.1 Å². The number of fused-ring (bicyclic) bond motifs is 1. The average Bonchev–Trinajstić information content (AvgIpc) is 2.37. The fraction of sp³-hybridized carbons (Fsp3) is 0.385. The lowest BCUT2D eigenvalue weighted by Gasteiger charge is -2.16. The van der Waals surface area contributed by atoms with E-state index in [-0.39, 0.29) is 5.97 Å². The number of hydrogen-bond donors (Lipinski definition) is 0. The summed E-state index contributed by atoms with van der Waals surface area (Å²) in [7, 11) is 1.60. The molecular formula is C13H15NO3. The highest BCUT2D eigenvalue weighted by molar-refractivity contribution is 6.43. The molecule has 1 aromatic rings. The standard InChI is InChI=1S/C13H15NO3/c1-3-17-13(15)12-11-8-10(16-2)5-4-9(11)6-7-14-12/h4-5,8H,3,6-7H2,1-2H3. The minimum absolute atomic E-state index is 0.358. The number of aliphatic imine (C=N–C) groups is 1. The van der Waals surface area contributed by atoms with Crippen LogP contribution in [0.25, 0.3) is 0 Å². The van der Waals surface area contributed by atoms with E-state index in [2.05, 4.69) is 4.99 Å². The van der Waals surface area contributed by atoms with Crippen molar-refractivity contribution in [3.05, 3.63) is 29.3 Å². The second kappa shape index (κ2) is 4.99. The topological polar surface area (TPSA) is 47.9 Å². The molecule has 1 aliphatic rings. The summed E-state index contributed by atoms with van der Waals surface area (Å²) in [4.78, 5) is 16.0. The number of nitrogens with zero attached hydrogens (tertiary/aromatic N) is 1. The molecule has 0 aromatic heterocycles. The van der Waals surface area contributed by atoms with Crippen LogP contribution >= 0.6 is 0 Å². The number of benzene rings is 1.